The lowest BCUT2D eigenvalue weighted by molar-refractivity contribution is 0.0771. The largest absolute Gasteiger partial charge is 0.457 e. The Morgan fingerprint density at radius 2 is 1.67 bits per heavy atom. The number of benzene rings is 2. The van der Waals surface area contributed by atoms with E-state index in [-0.39, 0.29) is 18.3 Å². The average Bonchev–Trinajstić information content (AvgIpc) is 3.20. The smallest absolute Gasteiger partial charge is 0.257 e. The number of para-hydroxylation sites is 2. The van der Waals surface area contributed by atoms with E-state index in [0.717, 1.165) is 51.4 Å². The number of nitrogens with zero attached hydrogens (tertiary/aromatic N) is 2. The van der Waals surface area contributed by atoms with Crippen LogP contribution in [-0.4, -0.2) is 61.0 Å². The van der Waals surface area contributed by atoms with Gasteiger partial charge in [-0.1, -0.05) is 30.3 Å². The van der Waals surface area contributed by atoms with Crippen molar-refractivity contribution in [2.24, 2.45) is 0 Å². The molecule has 0 saturated carbocycles. The molecule has 0 aromatic heterocycles. The zero-order valence-electron chi connectivity index (χ0n) is 15.3. The van der Waals surface area contributed by atoms with Gasteiger partial charge < -0.3 is 15.0 Å². The van der Waals surface area contributed by atoms with Gasteiger partial charge in [0, 0.05) is 45.3 Å². The maximum atomic E-state index is 13.1. The number of carbonyl (C=O) groups excluding carboxylic acids is 1. The maximum Gasteiger partial charge on any atom is 0.257 e. The van der Waals surface area contributed by atoms with Crippen molar-refractivity contribution in [3.63, 3.8) is 0 Å². The second-order valence-corrected chi connectivity index (χ2v) is 6.89. The molecule has 4 rings (SSSR count). The van der Waals surface area contributed by atoms with Crippen LogP contribution in [0.5, 0.6) is 11.5 Å². The summed E-state index contributed by atoms with van der Waals surface area (Å²) in [5.74, 6) is 1.43. The van der Waals surface area contributed by atoms with Gasteiger partial charge in [0.2, 0.25) is 0 Å². The third-order valence-corrected chi connectivity index (χ3v) is 5.21. The van der Waals surface area contributed by atoms with E-state index in [9.17, 15) is 4.79 Å². The monoisotopic (exact) mass is 387 g/mol. The third-order valence-electron chi connectivity index (χ3n) is 5.21. The molecule has 6 heteroatoms. The summed E-state index contributed by atoms with van der Waals surface area (Å²) >= 11 is 0. The average molecular weight is 388 g/mol. The molecular formula is C21H26ClN3O2. The lowest BCUT2D eigenvalue weighted by Gasteiger charge is -2.32. The van der Waals surface area contributed by atoms with Gasteiger partial charge in [0.15, 0.2) is 0 Å². The van der Waals surface area contributed by atoms with Gasteiger partial charge in [-0.05, 0) is 30.7 Å². The van der Waals surface area contributed by atoms with Crippen molar-refractivity contribution >= 4 is 18.3 Å². The molecule has 27 heavy (non-hydrogen) atoms. The molecule has 0 bridgehead atoms. The molecule has 0 radical (unpaired) electrons. The number of amides is 1. The van der Waals surface area contributed by atoms with Crippen molar-refractivity contribution in [3.8, 4) is 11.5 Å². The van der Waals surface area contributed by atoms with E-state index in [1.165, 1.54) is 0 Å². The topological polar surface area (TPSA) is 44.8 Å². The molecule has 2 aliphatic heterocycles. The Kier molecular flexibility index (Phi) is 6.72. The molecule has 1 atom stereocenters. The van der Waals surface area contributed by atoms with Crippen molar-refractivity contribution in [1.29, 1.82) is 0 Å². The lowest BCUT2D eigenvalue weighted by atomic mass is 10.1. The van der Waals surface area contributed by atoms with Gasteiger partial charge in [-0.15, -0.1) is 12.4 Å². The maximum absolute atomic E-state index is 13.1. The Morgan fingerprint density at radius 1 is 0.963 bits per heavy atom. The Bertz CT molecular complexity index is 750. The second-order valence-electron chi connectivity index (χ2n) is 6.89. The minimum Gasteiger partial charge on any atom is -0.457 e. The highest BCUT2D eigenvalue weighted by atomic mass is 35.5. The first kappa shape index (κ1) is 19.7. The predicted octanol–water partition coefficient (Wildman–Crippen LogP) is 3.02. The summed E-state index contributed by atoms with van der Waals surface area (Å²) in [5.41, 5.74) is 0.636. The van der Waals surface area contributed by atoms with Crippen molar-refractivity contribution in [2.75, 3.05) is 39.3 Å². The number of ether oxygens (including phenoxy) is 1. The first-order valence-corrected chi connectivity index (χ1v) is 9.37. The minimum absolute atomic E-state index is 0. The number of hydrogen-bond donors (Lipinski definition) is 1. The summed E-state index contributed by atoms with van der Waals surface area (Å²) in [5, 5.41) is 3.39. The highest BCUT2D eigenvalue weighted by molar-refractivity contribution is 5.97. The molecule has 144 valence electrons. The predicted molar refractivity (Wildman–Crippen MR) is 109 cm³/mol. The van der Waals surface area contributed by atoms with Crippen LogP contribution in [-0.2, 0) is 0 Å². The molecule has 1 amide bonds. The van der Waals surface area contributed by atoms with Crippen LogP contribution in [0.4, 0.5) is 0 Å². The summed E-state index contributed by atoms with van der Waals surface area (Å²) in [7, 11) is 0. The third kappa shape index (κ3) is 4.61. The van der Waals surface area contributed by atoms with Crippen LogP contribution >= 0.6 is 12.4 Å². The highest BCUT2D eigenvalue weighted by Gasteiger charge is 2.32. The molecule has 0 spiro atoms. The van der Waals surface area contributed by atoms with Crippen LogP contribution in [0.2, 0.25) is 0 Å². The molecule has 2 aliphatic rings. The van der Waals surface area contributed by atoms with Gasteiger partial charge in [0.25, 0.3) is 5.91 Å². The second kappa shape index (κ2) is 9.22. The Balaban J connectivity index is 0.00000210. The SMILES string of the molecule is Cl.O=C(c1ccccc1Oc1ccccc1)N1CCC(N2CCNCC2)C1. The van der Waals surface area contributed by atoms with Gasteiger partial charge in [0.05, 0.1) is 5.56 Å². The standard InChI is InChI=1S/C21H25N3O2.ClH/c25-21(24-13-10-17(16-24)23-14-11-22-12-15-23)19-8-4-5-9-20(19)26-18-6-2-1-3-7-18;/h1-9,17,22H,10-16H2;1H. The molecule has 2 saturated heterocycles. The van der Waals surface area contributed by atoms with E-state index < -0.39 is 0 Å². The fraction of sp³-hybridized carbons (Fsp3) is 0.381. The number of piperazine rings is 1. The molecule has 1 N–H and O–H groups in total. The molecule has 5 nitrogen and oxygen atoms in total. The fourth-order valence-corrected chi connectivity index (χ4v) is 3.79. The first-order chi connectivity index (χ1) is 12.8. The Hall–Kier alpha value is -2.08. The zero-order valence-corrected chi connectivity index (χ0v) is 16.2. The normalized spacial score (nSPS) is 20.1. The molecule has 2 fully saturated rings. The van der Waals surface area contributed by atoms with Crippen LogP contribution < -0.4 is 10.1 Å². The molecule has 2 aromatic carbocycles. The van der Waals surface area contributed by atoms with Crippen molar-refractivity contribution < 1.29 is 9.53 Å². The number of carbonyl (C=O) groups is 1. The van der Waals surface area contributed by atoms with Crippen LogP contribution in [0.3, 0.4) is 0 Å². The van der Waals surface area contributed by atoms with Crippen LogP contribution in [0.15, 0.2) is 54.6 Å². The zero-order chi connectivity index (χ0) is 17.8. The summed E-state index contributed by atoms with van der Waals surface area (Å²) in [4.78, 5) is 17.6. The van der Waals surface area contributed by atoms with Crippen molar-refractivity contribution in [1.82, 2.24) is 15.1 Å². The van der Waals surface area contributed by atoms with Crippen molar-refractivity contribution in [2.45, 2.75) is 12.5 Å². The number of hydrogen-bond acceptors (Lipinski definition) is 4. The Morgan fingerprint density at radius 3 is 2.44 bits per heavy atom. The van der Waals surface area contributed by atoms with E-state index in [1.807, 2.05) is 59.5 Å². The molecule has 0 aliphatic carbocycles. The number of rotatable bonds is 4. The van der Waals surface area contributed by atoms with Gasteiger partial charge in [-0.25, -0.2) is 0 Å². The lowest BCUT2D eigenvalue weighted by Crippen LogP contribution is -2.49. The summed E-state index contributed by atoms with van der Waals surface area (Å²) in [6.07, 6.45) is 1.05. The molecule has 2 heterocycles. The molecule has 2 aromatic rings. The summed E-state index contributed by atoms with van der Waals surface area (Å²) < 4.78 is 5.97. The number of halogens is 1. The number of nitrogens with one attached hydrogen (secondary N) is 1. The number of likely N-dealkylation sites (tertiary alicyclic amines) is 1. The molecular weight excluding hydrogens is 362 g/mol. The fourth-order valence-electron chi connectivity index (χ4n) is 3.79. The van der Waals surface area contributed by atoms with E-state index in [0.29, 0.717) is 17.4 Å². The van der Waals surface area contributed by atoms with E-state index >= 15 is 0 Å². The summed E-state index contributed by atoms with van der Waals surface area (Å²) in [6.45, 7) is 5.84. The minimum atomic E-state index is 0. The van der Waals surface area contributed by atoms with Crippen LogP contribution in [0.1, 0.15) is 16.8 Å². The van der Waals surface area contributed by atoms with Crippen LogP contribution in [0.25, 0.3) is 0 Å². The van der Waals surface area contributed by atoms with Gasteiger partial charge >= 0.3 is 0 Å². The van der Waals surface area contributed by atoms with E-state index in [4.69, 9.17) is 4.74 Å². The quantitative estimate of drug-likeness (QED) is 0.875. The Labute approximate surface area is 166 Å². The highest BCUT2D eigenvalue weighted by Crippen LogP contribution is 2.27. The van der Waals surface area contributed by atoms with Gasteiger partial charge in [-0.2, -0.15) is 0 Å². The first-order valence-electron chi connectivity index (χ1n) is 9.37. The van der Waals surface area contributed by atoms with Gasteiger partial charge in [-0.3, -0.25) is 9.69 Å². The van der Waals surface area contributed by atoms with Crippen molar-refractivity contribution in [3.05, 3.63) is 60.2 Å². The summed E-state index contributed by atoms with van der Waals surface area (Å²) in [6, 6.07) is 17.6. The van der Waals surface area contributed by atoms with Gasteiger partial charge in [0.1, 0.15) is 11.5 Å². The van der Waals surface area contributed by atoms with E-state index in [1.54, 1.807) is 0 Å². The molecule has 1 unspecified atom stereocenters. The van der Waals surface area contributed by atoms with E-state index in [2.05, 4.69) is 10.2 Å². The van der Waals surface area contributed by atoms with Crippen LogP contribution in [0, 0.1) is 0 Å².